The van der Waals surface area contributed by atoms with Gasteiger partial charge in [-0.2, -0.15) is 0 Å². The number of amides is 1. The molecule has 1 saturated carbocycles. The van der Waals surface area contributed by atoms with Crippen LogP contribution in [-0.2, 0) is 6.54 Å². The van der Waals surface area contributed by atoms with Crippen molar-refractivity contribution in [1.82, 2.24) is 15.0 Å². The first kappa shape index (κ1) is 11.9. The van der Waals surface area contributed by atoms with E-state index in [0.29, 0.717) is 24.0 Å². The molecule has 3 rings (SSSR count). The van der Waals surface area contributed by atoms with Crippen LogP contribution in [0.2, 0.25) is 0 Å². The van der Waals surface area contributed by atoms with Gasteiger partial charge in [-0.1, -0.05) is 11.2 Å². The standard InChI is InChI=1S/C14H15N3O2/c1-10-7-13(16-19-10)14(18)17(12-4-5-12)9-11-3-2-6-15-8-11/h2-3,6-8,12H,4-5,9H2,1H3. The van der Waals surface area contributed by atoms with E-state index in [2.05, 4.69) is 10.1 Å². The molecule has 0 aliphatic heterocycles. The van der Waals surface area contributed by atoms with Crippen LogP contribution < -0.4 is 0 Å². The van der Waals surface area contributed by atoms with Crippen molar-refractivity contribution >= 4 is 5.91 Å². The van der Waals surface area contributed by atoms with Gasteiger partial charge >= 0.3 is 0 Å². The third kappa shape index (κ3) is 2.65. The molecule has 0 atom stereocenters. The van der Waals surface area contributed by atoms with Gasteiger partial charge in [0.15, 0.2) is 5.69 Å². The lowest BCUT2D eigenvalue weighted by Crippen LogP contribution is -2.32. The third-order valence-electron chi connectivity index (χ3n) is 3.17. The number of nitrogens with zero attached hydrogens (tertiary/aromatic N) is 3. The molecule has 2 heterocycles. The van der Waals surface area contributed by atoms with E-state index in [1.807, 2.05) is 17.0 Å². The summed E-state index contributed by atoms with van der Waals surface area (Å²) in [6.45, 7) is 2.36. The maximum absolute atomic E-state index is 12.4. The minimum atomic E-state index is -0.0665. The molecule has 0 saturated heterocycles. The molecule has 2 aromatic heterocycles. The molecule has 1 fully saturated rings. The normalized spacial score (nSPS) is 14.4. The van der Waals surface area contributed by atoms with Crippen LogP contribution in [0.4, 0.5) is 0 Å². The molecule has 0 radical (unpaired) electrons. The van der Waals surface area contributed by atoms with Crippen molar-refractivity contribution in [3.63, 3.8) is 0 Å². The number of rotatable bonds is 4. The molecule has 1 amide bonds. The fraction of sp³-hybridized carbons (Fsp3) is 0.357. The van der Waals surface area contributed by atoms with E-state index >= 15 is 0 Å². The first-order chi connectivity index (χ1) is 9.24. The Hall–Kier alpha value is -2.17. The first-order valence-corrected chi connectivity index (χ1v) is 6.37. The second-order valence-electron chi connectivity index (χ2n) is 4.85. The van der Waals surface area contributed by atoms with Crippen LogP contribution in [0, 0.1) is 6.92 Å². The predicted octanol–water partition coefficient (Wildman–Crippen LogP) is 2.18. The minimum Gasteiger partial charge on any atom is -0.361 e. The molecule has 0 aromatic carbocycles. The summed E-state index contributed by atoms with van der Waals surface area (Å²) in [5.41, 5.74) is 1.41. The van der Waals surface area contributed by atoms with Crippen LogP contribution in [0.25, 0.3) is 0 Å². The highest BCUT2D eigenvalue weighted by Gasteiger charge is 2.34. The minimum absolute atomic E-state index is 0.0665. The van der Waals surface area contributed by atoms with Crippen LogP contribution in [0.1, 0.15) is 34.7 Å². The summed E-state index contributed by atoms with van der Waals surface area (Å²) >= 11 is 0. The van der Waals surface area contributed by atoms with Crippen LogP contribution >= 0.6 is 0 Å². The lowest BCUT2D eigenvalue weighted by molar-refractivity contribution is 0.0719. The molecule has 0 bridgehead atoms. The Morgan fingerprint density at radius 1 is 1.53 bits per heavy atom. The van der Waals surface area contributed by atoms with Crippen LogP contribution in [0.15, 0.2) is 35.1 Å². The van der Waals surface area contributed by atoms with Crippen molar-refractivity contribution in [3.05, 3.63) is 47.6 Å². The Balaban J connectivity index is 1.79. The van der Waals surface area contributed by atoms with Gasteiger partial charge in [-0.3, -0.25) is 9.78 Å². The summed E-state index contributed by atoms with van der Waals surface area (Å²) < 4.78 is 4.98. The molecule has 0 unspecified atom stereocenters. The van der Waals surface area contributed by atoms with E-state index in [4.69, 9.17) is 4.52 Å². The summed E-state index contributed by atoms with van der Waals surface area (Å²) in [6, 6.07) is 5.86. The molecule has 5 heteroatoms. The van der Waals surface area contributed by atoms with Gasteiger partial charge in [-0.15, -0.1) is 0 Å². The van der Waals surface area contributed by atoms with Gasteiger partial charge in [-0.05, 0) is 31.4 Å². The van der Waals surface area contributed by atoms with E-state index in [-0.39, 0.29) is 5.91 Å². The molecule has 0 N–H and O–H groups in total. The quantitative estimate of drug-likeness (QED) is 0.842. The molecule has 98 valence electrons. The maximum atomic E-state index is 12.4. The zero-order chi connectivity index (χ0) is 13.2. The molecule has 2 aromatic rings. The molecular weight excluding hydrogens is 242 g/mol. The highest BCUT2D eigenvalue weighted by atomic mass is 16.5. The number of aromatic nitrogens is 2. The average Bonchev–Trinajstić information content (AvgIpc) is 3.18. The maximum Gasteiger partial charge on any atom is 0.276 e. The van der Waals surface area contributed by atoms with E-state index in [1.165, 1.54) is 0 Å². The molecule has 19 heavy (non-hydrogen) atoms. The number of carbonyl (C=O) groups excluding carboxylic acids is 1. The van der Waals surface area contributed by atoms with Crippen molar-refractivity contribution in [2.24, 2.45) is 0 Å². The number of hydrogen-bond acceptors (Lipinski definition) is 4. The Labute approximate surface area is 111 Å². The van der Waals surface area contributed by atoms with Crippen molar-refractivity contribution in [2.45, 2.75) is 32.4 Å². The topological polar surface area (TPSA) is 59.2 Å². The van der Waals surface area contributed by atoms with Gasteiger partial charge in [-0.25, -0.2) is 0 Å². The SMILES string of the molecule is Cc1cc(C(=O)N(Cc2cccnc2)C2CC2)no1. The second kappa shape index (κ2) is 4.84. The Morgan fingerprint density at radius 3 is 2.95 bits per heavy atom. The third-order valence-corrected chi connectivity index (χ3v) is 3.17. The summed E-state index contributed by atoms with van der Waals surface area (Å²) in [4.78, 5) is 18.4. The molecule has 1 aliphatic carbocycles. The van der Waals surface area contributed by atoms with E-state index in [1.54, 1.807) is 25.4 Å². The van der Waals surface area contributed by atoms with Crippen LogP contribution in [0.3, 0.4) is 0 Å². The van der Waals surface area contributed by atoms with Crippen molar-refractivity contribution in [3.8, 4) is 0 Å². The number of pyridine rings is 1. The molecule has 5 nitrogen and oxygen atoms in total. The van der Waals surface area contributed by atoms with Gasteiger partial charge < -0.3 is 9.42 Å². The molecule has 1 aliphatic rings. The van der Waals surface area contributed by atoms with Gasteiger partial charge in [0, 0.05) is 31.0 Å². The van der Waals surface area contributed by atoms with E-state index in [9.17, 15) is 4.79 Å². The lowest BCUT2D eigenvalue weighted by Gasteiger charge is -2.21. The summed E-state index contributed by atoms with van der Waals surface area (Å²) in [5.74, 6) is 0.587. The Morgan fingerprint density at radius 2 is 2.37 bits per heavy atom. The van der Waals surface area contributed by atoms with Crippen LogP contribution in [0.5, 0.6) is 0 Å². The Bertz CT molecular complexity index is 575. The summed E-state index contributed by atoms with van der Waals surface area (Å²) in [6.07, 6.45) is 5.64. The molecule has 0 spiro atoms. The van der Waals surface area contributed by atoms with E-state index in [0.717, 1.165) is 18.4 Å². The second-order valence-corrected chi connectivity index (χ2v) is 4.85. The predicted molar refractivity (Wildman–Crippen MR) is 68.4 cm³/mol. The summed E-state index contributed by atoms with van der Waals surface area (Å²) in [7, 11) is 0. The molecular formula is C14H15N3O2. The summed E-state index contributed by atoms with van der Waals surface area (Å²) in [5, 5.41) is 3.81. The van der Waals surface area contributed by atoms with Gasteiger partial charge in [0.1, 0.15) is 5.76 Å². The van der Waals surface area contributed by atoms with Gasteiger partial charge in [0.25, 0.3) is 5.91 Å². The average molecular weight is 257 g/mol. The largest absolute Gasteiger partial charge is 0.361 e. The fourth-order valence-electron chi connectivity index (χ4n) is 2.06. The zero-order valence-corrected chi connectivity index (χ0v) is 10.7. The smallest absolute Gasteiger partial charge is 0.276 e. The van der Waals surface area contributed by atoms with Gasteiger partial charge in [0.05, 0.1) is 0 Å². The van der Waals surface area contributed by atoms with Gasteiger partial charge in [0.2, 0.25) is 0 Å². The number of hydrogen-bond donors (Lipinski definition) is 0. The monoisotopic (exact) mass is 257 g/mol. The van der Waals surface area contributed by atoms with Crippen molar-refractivity contribution < 1.29 is 9.32 Å². The first-order valence-electron chi connectivity index (χ1n) is 6.37. The highest BCUT2D eigenvalue weighted by Crippen LogP contribution is 2.29. The van der Waals surface area contributed by atoms with E-state index < -0.39 is 0 Å². The lowest BCUT2D eigenvalue weighted by atomic mass is 10.2. The highest BCUT2D eigenvalue weighted by molar-refractivity contribution is 5.92. The number of carbonyl (C=O) groups is 1. The zero-order valence-electron chi connectivity index (χ0n) is 10.7. The van der Waals surface area contributed by atoms with Crippen LogP contribution in [-0.4, -0.2) is 27.0 Å². The number of aryl methyl sites for hydroxylation is 1. The van der Waals surface area contributed by atoms with Crippen molar-refractivity contribution in [1.29, 1.82) is 0 Å². The van der Waals surface area contributed by atoms with Crippen molar-refractivity contribution in [2.75, 3.05) is 0 Å². The fourth-order valence-corrected chi connectivity index (χ4v) is 2.06. The Kier molecular flexibility index (Phi) is 3.03.